The molecule has 6 heteroatoms. The quantitative estimate of drug-likeness (QED) is 0.713. The number of nitrogen functional groups attached to an aromatic ring is 1. The van der Waals surface area contributed by atoms with E-state index in [-0.39, 0.29) is 11.9 Å². The van der Waals surface area contributed by atoms with Crippen molar-refractivity contribution in [3.63, 3.8) is 0 Å². The molecule has 0 spiro atoms. The van der Waals surface area contributed by atoms with Crippen LogP contribution in [0.1, 0.15) is 10.5 Å². The third-order valence-electron chi connectivity index (χ3n) is 2.75. The van der Waals surface area contributed by atoms with Crippen LogP contribution >= 0.6 is 0 Å². The van der Waals surface area contributed by atoms with Crippen LogP contribution in [0.3, 0.4) is 0 Å². The molecule has 6 nitrogen and oxygen atoms in total. The average Bonchev–Trinajstić information content (AvgIpc) is 2.91. The molecule has 0 saturated heterocycles. The number of nitrogens with two attached hydrogens (primary N) is 1. The van der Waals surface area contributed by atoms with E-state index in [0.717, 1.165) is 15.6 Å². The Morgan fingerprint density at radius 2 is 2.05 bits per heavy atom. The second kappa shape index (κ2) is 4.93. The number of fused-ring (bicyclic) bond motifs is 1. The molecule has 3 aromatic rings. The lowest BCUT2D eigenvalue weighted by Gasteiger charge is -1.98. The van der Waals surface area contributed by atoms with Crippen molar-refractivity contribution in [3.8, 4) is 0 Å². The van der Waals surface area contributed by atoms with Gasteiger partial charge in [0.15, 0.2) is 0 Å². The van der Waals surface area contributed by atoms with Crippen LogP contribution in [0, 0.1) is 0 Å². The molecule has 0 aliphatic rings. The number of pyridine rings is 1. The van der Waals surface area contributed by atoms with Gasteiger partial charge in [-0.15, -0.1) is 5.10 Å². The van der Waals surface area contributed by atoms with Gasteiger partial charge in [-0.1, -0.05) is 24.3 Å². The monoisotopic (exact) mass is 265 g/mol. The molecule has 98 valence electrons. The number of hydrogen-bond donors (Lipinski definition) is 1. The summed E-state index contributed by atoms with van der Waals surface area (Å²) >= 11 is 0. The number of carbonyl (C=O) groups is 1. The lowest BCUT2D eigenvalue weighted by atomic mass is 10.2. The first kappa shape index (κ1) is 12.0. The van der Waals surface area contributed by atoms with E-state index in [4.69, 9.17) is 5.73 Å². The number of benzene rings is 1. The van der Waals surface area contributed by atoms with Gasteiger partial charge in [0.05, 0.1) is 11.2 Å². The third kappa shape index (κ3) is 2.39. The molecule has 3 rings (SSSR count). The van der Waals surface area contributed by atoms with E-state index in [1.807, 2.05) is 36.4 Å². The molecule has 1 aromatic carbocycles. The summed E-state index contributed by atoms with van der Waals surface area (Å²) in [4.78, 5) is 19.9. The highest BCUT2D eigenvalue weighted by Crippen LogP contribution is 2.12. The van der Waals surface area contributed by atoms with Gasteiger partial charge in [0.1, 0.15) is 6.33 Å². The van der Waals surface area contributed by atoms with Gasteiger partial charge < -0.3 is 5.73 Å². The second-order valence-electron chi connectivity index (χ2n) is 4.15. The van der Waals surface area contributed by atoms with Gasteiger partial charge in [-0.3, -0.25) is 4.79 Å². The Bertz CT molecular complexity index is 806. The van der Waals surface area contributed by atoms with Gasteiger partial charge >= 0.3 is 0 Å². The summed E-state index contributed by atoms with van der Waals surface area (Å²) in [6.45, 7) is 0. The van der Waals surface area contributed by atoms with Crippen molar-refractivity contribution in [2.45, 2.75) is 0 Å². The number of rotatable bonds is 2. The Balaban J connectivity index is 1.85. The normalized spacial score (nSPS) is 11.2. The minimum atomic E-state index is -0.329. The van der Waals surface area contributed by atoms with Crippen molar-refractivity contribution >= 4 is 28.8 Å². The van der Waals surface area contributed by atoms with Crippen molar-refractivity contribution < 1.29 is 4.79 Å². The zero-order chi connectivity index (χ0) is 13.9. The minimum Gasteiger partial charge on any atom is -0.366 e. The largest absolute Gasteiger partial charge is 0.366 e. The van der Waals surface area contributed by atoms with Gasteiger partial charge in [-0.25, -0.2) is 9.97 Å². The molecule has 0 unspecified atom stereocenters. The van der Waals surface area contributed by atoms with Crippen molar-refractivity contribution in [1.82, 2.24) is 19.7 Å². The van der Waals surface area contributed by atoms with Crippen molar-refractivity contribution in [1.29, 1.82) is 0 Å². The van der Waals surface area contributed by atoms with Crippen molar-refractivity contribution in [3.05, 3.63) is 54.5 Å². The topological polar surface area (TPSA) is 86.7 Å². The zero-order valence-electron chi connectivity index (χ0n) is 10.5. The predicted molar refractivity (Wildman–Crippen MR) is 75.8 cm³/mol. The molecule has 0 aliphatic heterocycles. The third-order valence-corrected chi connectivity index (χ3v) is 2.75. The molecule has 0 fully saturated rings. The van der Waals surface area contributed by atoms with Crippen LogP contribution in [0.15, 0.2) is 48.8 Å². The molecule has 2 heterocycles. The predicted octanol–water partition coefficient (Wildman–Crippen LogP) is 1.76. The van der Waals surface area contributed by atoms with Crippen LogP contribution < -0.4 is 5.73 Å². The summed E-state index contributed by atoms with van der Waals surface area (Å²) in [5.74, 6) is -0.264. The molecular formula is C14H11N5O. The Labute approximate surface area is 114 Å². The lowest BCUT2D eigenvalue weighted by molar-refractivity contribution is 0.0955. The second-order valence-corrected chi connectivity index (χ2v) is 4.15. The number of anilines is 1. The Morgan fingerprint density at radius 1 is 1.20 bits per heavy atom. The number of nitrogens with zero attached hydrogens (tertiary/aromatic N) is 4. The van der Waals surface area contributed by atoms with Crippen molar-refractivity contribution in [2.75, 3.05) is 5.73 Å². The summed E-state index contributed by atoms with van der Waals surface area (Å²) in [5, 5.41) is 4.79. The highest BCUT2D eigenvalue weighted by atomic mass is 16.2. The Kier molecular flexibility index (Phi) is 2.96. The first-order valence-corrected chi connectivity index (χ1v) is 5.98. The fraction of sp³-hybridized carbons (Fsp3) is 0. The fourth-order valence-electron chi connectivity index (χ4n) is 1.79. The first-order chi connectivity index (χ1) is 9.72. The molecular weight excluding hydrogens is 254 g/mol. The molecule has 0 saturated carbocycles. The average molecular weight is 265 g/mol. The van der Waals surface area contributed by atoms with E-state index < -0.39 is 0 Å². The number of aromatic nitrogens is 4. The maximum Gasteiger partial charge on any atom is 0.272 e. The summed E-state index contributed by atoms with van der Waals surface area (Å²) in [6.07, 6.45) is 4.29. The molecule has 0 bridgehead atoms. The molecule has 2 N–H and O–H groups in total. The highest BCUT2D eigenvalue weighted by molar-refractivity contribution is 5.93. The molecule has 2 aromatic heterocycles. The number of para-hydroxylation sites is 1. The lowest BCUT2D eigenvalue weighted by Crippen LogP contribution is -2.08. The minimum absolute atomic E-state index is 0.0654. The van der Waals surface area contributed by atoms with E-state index in [1.165, 1.54) is 12.4 Å². The van der Waals surface area contributed by atoms with Crippen LogP contribution in [-0.4, -0.2) is 25.7 Å². The van der Waals surface area contributed by atoms with Crippen LogP contribution in [0.25, 0.3) is 17.0 Å². The highest BCUT2D eigenvalue weighted by Gasteiger charge is 2.03. The first-order valence-electron chi connectivity index (χ1n) is 5.98. The summed E-state index contributed by atoms with van der Waals surface area (Å²) in [6, 6.07) is 11.6. The maximum atomic E-state index is 11.8. The van der Waals surface area contributed by atoms with E-state index in [2.05, 4.69) is 15.1 Å². The maximum absolute atomic E-state index is 11.8. The molecule has 20 heavy (non-hydrogen) atoms. The number of carbonyl (C=O) groups excluding carboxylic acids is 1. The van der Waals surface area contributed by atoms with E-state index in [9.17, 15) is 4.79 Å². The van der Waals surface area contributed by atoms with E-state index in [1.54, 1.807) is 6.08 Å². The van der Waals surface area contributed by atoms with Crippen LogP contribution in [0.4, 0.5) is 5.95 Å². The zero-order valence-corrected chi connectivity index (χ0v) is 10.5. The van der Waals surface area contributed by atoms with Crippen LogP contribution in [0.2, 0.25) is 0 Å². The summed E-state index contributed by atoms with van der Waals surface area (Å²) in [5.41, 5.74) is 6.93. The number of allylic oxidation sites excluding steroid dienone is 1. The Morgan fingerprint density at radius 3 is 2.85 bits per heavy atom. The van der Waals surface area contributed by atoms with E-state index in [0.29, 0.717) is 5.69 Å². The van der Waals surface area contributed by atoms with Crippen LogP contribution in [0.5, 0.6) is 0 Å². The van der Waals surface area contributed by atoms with Gasteiger partial charge in [0.25, 0.3) is 5.91 Å². The summed E-state index contributed by atoms with van der Waals surface area (Å²) < 4.78 is 1.08. The molecule has 0 radical (unpaired) electrons. The smallest absolute Gasteiger partial charge is 0.272 e. The van der Waals surface area contributed by atoms with Crippen molar-refractivity contribution in [2.24, 2.45) is 0 Å². The number of hydrogen-bond acceptors (Lipinski definition) is 5. The standard InChI is InChI=1S/C14H11N5O/c15-14-16-9-19(18-14)13(20)8-7-11-6-5-10-3-1-2-4-12(10)17-11/h1-9H,(H2,15,18)/b8-7+. The van der Waals surface area contributed by atoms with Gasteiger partial charge in [-0.2, -0.15) is 4.68 Å². The molecule has 0 atom stereocenters. The SMILES string of the molecule is Nc1ncn(C(=O)/C=C/c2ccc3ccccc3n2)n1. The summed E-state index contributed by atoms with van der Waals surface area (Å²) in [7, 11) is 0. The van der Waals surface area contributed by atoms with Gasteiger partial charge in [0.2, 0.25) is 5.95 Å². The van der Waals surface area contributed by atoms with E-state index >= 15 is 0 Å². The Hall–Kier alpha value is -3.02. The van der Waals surface area contributed by atoms with Gasteiger partial charge in [-0.05, 0) is 18.2 Å². The molecule has 0 aliphatic carbocycles. The van der Waals surface area contributed by atoms with Gasteiger partial charge in [0, 0.05) is 11.5 Å². The molecule has 0 amide bonds. The van der Waals surface area contributed by atoms with Crippen LogP contribution in [-0.2, 0) is 0 Å². The fourth-order valence-corrected chi connectivity index (χ4v) is 1.79.